The van der Waals surface area contributed by atoms with Crippen molar-refractivity contribution in [3.05, 3.63) is 150 Å². The number of ketones is 2. The minimum Gasteiger partial charge on any atom is -0.432 e. The molecule has 0 saturated carbocycles. The molecule has 3 N–H and O–H groups in total. The van der Waals surface area contributed by atoms with Crippen molar-refractivity contribution >= 4 is 39.4 Å². The monoisotopic (exact) mass is 776 g/mol. The molecule has 11 nitrogen and oxygen atoms in total. The van der Waals surface area contributed by atoms with Crippen molar-refractivity contribution in [3.63, 3.8) is 0 Å². The van der Waals surface area contributed by atoms with E-state index in [0.29, 0.717) is 23.7 Å². The normalized spacial score (nSPS) is 10.3. The van der Waals surface area contributed by atoms with Gasteiger partial charge < -0.3 is 19.0 Å². The van der Waals surface area contributed by atoms with Gasteiger partial charge in [-0.05, 0) is 36.4 Å². The fourth-order valence-corrected chi connectivity index (χ4v) is 4.26. The summed E-state index contributed by atoms with van der Waals surface area (Å²) in [5.74, 6) is -4.97. The fraction of sp³-hybridized carbons (Fsp3) is 0.0606. The van der Waals surface area contributed by atoms with Crippen molar-refractivity contribution in [2.75, 3.05) is 11.1 Å². The third-order valence-electron chi connectivity index (χ3n) is 6.33. The summed E-state index contributed by atoms with van der Waals surface area (Å²) in [6.07, 6.45) is 10.3. The lowest BCUT2D eigenvalue weighted by molar-refractivity contribution is 0.0963. The van der Waals surface area contributed by atoms with Crippen LogP contribution in [0.2, 0.25) is 0 Å². The van der Waals surface area contributed by atoms with E-state index in [4.69, 9.17) is 15.6 Å². The van der Waals surface area contributed by atoms with Gasteiger partial charge in [0.05, 0.1) is 34.9 Å². The van der Waals surface area contributed by atoms with Crippen molar-refractivity contribution in [3.8, 4) is 11.3 Å². The average Bonchev–Trinajstić information content (AvgIpc) is 3.89. The number of fused-ring (bicyclic) bond motifs is 1. The van der Waals surface area contributed by atoms with Gasteiger partial charge in [0.25, 0.3) is 11.7 Å². The number of nitrogens with one attached hydrogen (secondary N) is 1. The highest BCUT2D eigenvalue weighted by Crippen LogP contribution is 2.23. The lowest BCUT2D eigenvalue weighted by atomic mass is 10.1. The first kappa shape index (κ1) is 37.6. The van der Waals surface area contributed by atoms with Crippen LogP contribution in [0, 0.1) is 40.3 Å². The average molecular weight is 777 g/mol. The van der Waals surface area contributed by atoms with Crippen LogP contribution in [0.1, 0.15) is 20.7 Å². The van der Waals surface area contributed by atoms with E-state index in [1.165, 1.54) is 47.9 Å². The van der Waals surface area contributed by atoms with Gasteiger partial charge in [-0.3, -0.25) is 24.0 Å². The number of oxazole rings is 3. The van der Waals surface area contributed by atoms with Crippen LogP contribution in [0.5, 0.6) is 0 Å². The molecule has 7 rings (SSSR count). The molecule has 51 heavy (non-hydrogen) atoms. The number of anilines is 1. The molecule has 4 heterocycles. The van der Waals surface area contributed by atoms with Gasteiger partial charge in [-0.25, -0.2) is 31.3 Å². The van der Waals surface area contributed by atoms with Crippen molar-refractivity contribution in [2.45, 2.75) is 6.54 Å². The second-order valence-electron chi connectivity index (χ2n) is 9.78. The first-order valence-corrected chi connectivity index (χ1v) is 15.2. The molecule has 0 aliphatic heterocycles. The lowest BCUT2D eigenvalue weighted by Gasteiger charge is -2.02. The smallest absolute Gasteiger partial charge is 0.306 e. The maximum atomic E-state index is 13.5. The first-order valence-electron chi connectivity index (χ1n) is 14.1. The summed E-state index contributed by atoms with van der Waals surface area (Å²) < 4.78 is 94.3. The van der Waals surface area contributed by atoms with Gasteiger partial charge in [-0.15, -0.1) is 0 Å². The molecule has 0 unspecified atom stereocenters. The number of rotatable bonds is 6. The zero-order chi connectivity index (χ0) is 37.1. The number of imidazole rings is 1. The van der Waals surface area contributed by atoms with Crippen molar-refractivity contribution in [1.82, 2.24) is 18.9 Å². The summed E-state index contributed by atoms with van der Waals surface area (Å²) in [6.45, 7) is -0.224. The quantitative estimate of drug-likeness (QED) is 0.101. The molecule has 0 atom stereocenters. The van der Waals surface area contributed by atoms with Gasteiger partial charge in [0, 0.05) is 42.4 Å². The molecular weight excluding hydrogens is 754 g/mol. The predicted molar refractivity (Wildman–Crippen MR) is 171 cm³/mol. The standard InChI is InChI=1S/C11H8F2N2O2.C11H6F2N2O.C8H5BrF2O.C3H4N2O/c12-7-1-2-8(9(13)5-7)10(16)6-15-3-4-17-11(15)14;12-7-1-2-8(9(13)5-7)10-6-15-3-4-16-11(15)14-10;9-4-8(12)6-2-1-5(10)3-7(6)11;4-3-5-1-2-6-3/h1-5,14H,6H2;1-6H;1-3H,4H2;1-2H,(H2,4,5). The van der Waals surface area contributed by atoms with E-state index in [-0.39, 0.29) is 40.3 Å². The van der Waals surface area contributed by atoms with Crippen LogP contribution < -0.4 is 11.4 Å². The Labute approximate surface area is 291 Å². The maximum absolute atomic E-state index is 13.5. The largest absolute Gasteiger partial charge is 0.432 e. The van der Waals surface area contributed by atoms with Crippen LogP contribution in [0.25, 0.3) is 17.1 Å². The van der Waals surface area contributed by atoms with E-state index in [9.17, 15) is 35.9 Å². The zero-order valence-electron chi connectivity index (χ0n) is 25.7. The van der Waals surface area contributed by atoms with Crippen molar-refractivity contribution in [1.29, 1.82) is 5.41 Å². The highest BCUT2D eigenvalue weighted by Gasteiger charge is 2.14. The molecule has 0 spiro atoms. The number of alkyl halides is 1. The number of carbonyl (C=O) groups excluding carboxylic acids is 2. The van der Waals surface area contributed by atoms with E-state index in [0.717, 1.165) is 30.3 Å². The van der Waals surface area contributed by atoms with Crippen LogP contribution in [0.3, 0.4) is 0 Å². The Morgan fingerprint density at radius 2 is 1.35 bits per heavy atom. The summed E-state index contributed by atoms with van der Waals surface area (Å²) in [6, 6.07) is 9.21. The van der Waals surface area contributed by atoms with E-state index in [1.54, 1.807) is 16.8 Å². The Hall–Kier alpha value is -6.17. The SMILES string of the molecule is Fc1ccc(-c2cn3ccoc3n2)c(F)c1.N=c1occn1CC(=O)c1ccc(F)cc1F.Nc1ncco1.O=C(CBr)c1ccc(F)cc1F. The van der Waals surface area contributed by atoms with Crippen molar-refractivity contribution in [2.24, 2.45) is 0 Å². The Bertz CT molecular complexity index is 2270. The Morgan fingerprint density at radius 1 is 0.765 bits per heavy atom. The molecule has 18 heteroatoms. The summed E-state index contributed by atoms with van der Waals surface area (Å²) in [5.41, 5.74) is 5.16. The molecule has 0 saturated heterocycles. The lowest BCUT2D eigenvalue weighted by Crippen LogP contribution is -2.20. The molecule has 0 aliphatic rings. The Balaban J connectivity index is 0.000000160. The number of nitrogens with two attached hydrogens (primary N) is 1. The minimum absolute atomic E-state index is 0.0373. The number of halogens is 7. The highest BCUT2D eigenvalue weighted by atomic mass is 79.9. The molecule has 264 valence electrons. The van der Waals surface area contributed by atoms with Crippen LogP contribution in [-0.2, 0) is 6.54 Å². The zero-order valence-corrected chi connectivity index (χ0v) is 27.3. The predicted octanol–water partition coefficient (Wildman–Crippen LogP) is 7.39. The molecular formula is C33H23BrF6N6O5. The molecule has 3 aromatic carbocycles. The third-order valence-corrected chi connectivity index (χ3v) is 6.84. The maximum Gasteiger partial charge on any atom is 0.306 e. The molecule has 0 fully saturated rings. The van der Waals surface area contributed by atoms with Gasteiger partial charge in [0.15, 0.2) is 11.6 Å². The fourth-order valence-electron chi connectivity index (χ4n) is 3.96. The molecule has 0 bridgehead atoms. The Morgan fingerprint density at radius 3 is 1.82 bits per heavy atom. The molecule has 0 aliphatic carbocycles. The van der Waals surface area contributed by atoms with E-state index >= 15 is 0 Å². The summed E-state index contributed by atoms with van der Waals surface area (Å²) in [7, 11) is 0. The number of hydrogen-bond acceptors (Lipinski definition) is 9. The van der Waals surface area contributed by atoms with Gasteiger partial charge in [0.1, 0.15) is 53.7 Å². The van der Waals surface area contributed by atoms with E-state index in [2.05, 4.69) is 34.7 Å². The molecule has 0 radical (unpaired) electrons. The highest BCUT2D eigenvalue weighted by molar-refractivity contribution is 9.09. The van der Waals surface area contributed by atoms with Gasteiger partial charge >= 0.3 is 5.84 Å². The van der Waals surface area contributed by atoms with Gasteiger partial charge in [-0.1, -0.05) is 15.9 Å². The number of carbonyl (C=O) groups is 2. The minimum atomic E-state index is -0.911. The van der Waals surface area contributed by atoms with E-state index in [1.807, 2.05) is 0 Å². The summed E-state index contributed by atoms with van der Waals surface area (Å²) in [5, 5.41) is 7.32. The summed E-state index contributed by atoms with van der Waals surface area (Å²) >= 11 is 2.89. The van der Waals surface area contributed by atoms with Crippen LogP contribution >= 0.6 is 15.9 Å². The van der Waals surface area contributed by atoms with Crippen LogP contribution in [0.15, 0.2) is 111 Å². The molecule has 0 amide bonds. The number of aromatic nitrogens is 4. The van der Waals surface area contributed by atoms with Crippen LogP contribution in [0.4, 0.5) is 32.4 Å². The van der Waals surface area contributed by atoms with Gasteiger partial charge in [-0.2, -0.15) is 4.98 Å². The Kier molecular flexibility index (Phi) is 12.9. The second-order valence-corrected chi connectivity index (χ2v) is 10.3. The number of hydrogen-bond donors (Lipinski definition) is 2. The number of nitrogens with zero attached hydrogens (tertiary/aromatic N) is 4. The summed E-state index contributed by atoms with van der Waals surface area (Å²) in [4.78, 5) is 30.2. The second kappa shape index (κ2) is 17.5. The molecule has 4 aromatic heterocycles. The number of nitrogen functional groups attached to an aromatic ring is 1. The van der Waals surface area contributed by atoms with Crippen molar-refractivity contribution < 1.29 is 49.2 Å². The molecule has 7 aromatic rings. The third kappa shape index (κ3) is 10.4. The topological polar surface area (TPSA) is 159 Å². The number of Topliss-reactive ketones (excluding diaryl/α,β-unsaturated/α-hetero) is 2. The number of benzene rings is 3. The first-order chi connectivity index (χ1) is 24.4. The van der Waals surface area contributed by atoms with Gasteiger partial charge in [0.2, 0.25) is 0 Å². The van der Waals surface area contributed by atoms with E-state index < -0.39 is 46.5 Å². The van der Waals surface area contributed by atoms with Crippen LogP contribution in [-0.4, -0.2) is 35.8 Å².